The number of carbonyl (C=O) groups is 1. The van der Waals surface area contributed by atoms with Crippen molar-refractivity contribution in [2.24, 2.45) is 0 Å². The summed E-state index contributed by atoms with van der Waals surface area (Å²) >= 11 is 0. The number of carboxylic acid groups (broad SMARTS) is 1. The van der Waals surface area contributed by atoms with Crippen molar-refractivity contribution in [3.63, 3.8) is 0 Å². The Hall–Kier alpha value is 0.205. The van der Waals surface area contributed by atoms with Crippen LogP contribution in [0, 0.1) is 0 Å². The Kier molecular flexibility index (Phi) is 11.7. The Balaban J connectivity index is 0. The Morgan fingerprint density at radius 1 is 1.53 bits per heavy atom. The number of ether oxygens (including phenoxy) is 2. The number of aliphatic hydroxyl groups excluding tert-OH is 3. The van der Waals surface area contributed by atoms with E-state index in [1.807, 2.05) is 0 Å². The predicted molar refractivity (Wildman–Crippen MR) is 50.1 cm³/mol. The van der Waals surface area contributed by atoms with Gasteiger partial charge in [0.05, 0.1) is 12.7 Å². The minimum Gasteiger partial charge on any atom is -0.550 e. The summed E-state index contributed by atoms with van der Waals surface area (Å²) in [6.45, 7) is 0.651. The number of rotatable bonds is 2. The third kappa shape index (κ3) is 8.01. The molecule has 1 radical (unpaired) electrons. The molecule has 0 bridgehead atoms. The second-order valence-electron chi connectivity index (χ2n) is 3.31. The molecule has 1 aliphatic heterocycles. The van der Waals surface area contributed by atoms with Crippen molar-refractivity contribution in [3.8, 4) is 0 Å². The summed E-state index contributed by atoms with van der Waals surface area (Å²) in [5.74, 6) is -1.08. The van der Waals surface area contributed by atoms with Crippen molar-refractivity contribution in [2.75, 3.05) is 13.7 Å². The molecule has 1 aliphatic rings. The van der Waals surface area contributed by atoms with Gasteiger partial charge < -0.3 is 34.7 Å². The summed E-state index contributed by atoms with van der Waals surface area (Å²) in [6.07, 6.45) is -2.98. The van der Waals surface area contributed by atoms with E-state index in [-0.39, 0.29) is 40.7 Å². The van der Waals surface area contributed by atoms with Gasteiger partial charge in [0.2, 0.25) is 0 Å². The molecule has 0 aromatic carbocycles. The fourth-order valence-corrected chi connectivity index (χ4v) is 1.22. The summed E-state index contributed by atoms with van der Waals surface area (Å²) < 4.78 is 9.92. The van der Waals surface area contributed by atoms with E-state index in [1.165, 1.54) is 7.11 Å². The summed E-state index contributed by atoms with van der Waals surface area (Å²) in [4.78, 5) is 8.89. The number of carboxylic acids is 1. The molecular formula is C9H17HgO7. The standard InChI is InChI=1S/C7H14O5.C2H4O2.Hg/c1-11-6-2-4(9)7(10)5(3-8)12-6;1-2(3)4;/h4-10H,2-3H2,1H3;1H3,(H,3,4);/q;;+1/p-1. The van der Waals surface area contributed by atoms with Gasteiger partial charge in [0.1, 0.15) is 12.2 Å². The van der Waals surface area contributed by atoms with E-state index in [0.717, 1.165) is 6.92 Å². The van der Waals surface area contributed by atoms with E-state index >= 15 is 0 Å². The van der Waals surface area contributed by atoms with E-state index in [9.17, 15) is 10.2 Å². The molecule has 1 saturated heterocycles. The van der Waals surface area contributed by atoms with E-state index in [1.54, 1.807) is 0 Å². The van der Waals surface area contributed by atoms with E-state index in [0.29, 0.717) is 0 Å². The molecule has 1 rings (SSSR count). The minimum absolute atomic E-state index is 0. The van der Waals surface area contributed by atoms with E-state index in [2.05, 4.69) is 0 Å². The fourth-order valence-electron chi connectivity index (χ4n) is 1.22. The average Bonchev–Trinajstić information content (AvgIpc) is 2.21. The molecule has 1 fully saturated rings. The average molecular weight is 438 g/mol. The van der Waals surface area contributed by atoms with Crippen molar-refractivity contribution in [2.45, 2.75) is 37.9 Å². The Morgan fingerprint density at radius 3 is 2.35 bits per heavy atom. The summed E-state index contributed by atoms with van der Waals surface area (Å²) in [5.41, 5.74) is 0. The van der Waals surface area contributed by atoms with Crippen molar-refractivity contribution < 1.29 is 62.4 Å². The molecule has 1 heterocycles. The zero-order valence-corrected chi connectivity index (χ0v) is 15.4. The third-order valence-corrected chi connectivity index (χ3v) is 1.98. The first kappa shape index (κ1) is 19.5. The molecule has 3 N–H and O–H groups in total. The van der Waals surface area contributed by atoms with Crippen LogP contribution in [0.25, 0.3) is 0 Å². The maximum atomic E-state index is 9.26. The summed E-state index contributed by atoms with van der Waals surface area (Å²) in [5, 5.41) is 36.1. The van der Waals surface area contributed by atoms with Crippen LogP contribution in [0.4, 0.5) is 0 Å². The Bertz CT molecular complexity index is 210. The van der Waals surface area contributed by atoms with Crippen LogP contribution in [-0.4, -0.2) is 59.6 Å². The van der Waals surface area contributed by atoms with Crippen molar-refractivity contribution in [3.05, 3.63) is 0 Å². The Morgan fingerprint density at radius 2 is 2.00 bits per heavy atom. The first-order valence-corrected chi connectivity index (χ1v) is 4.75. The first-order chi connectivity index (χ1) is 7.42. The number of carbonyl (C=O) groups excluding carboxylic acids is 1. The third-order valence-electron chi connectivity index (χ3n) is 1.98. The molecule has 0 spiro atoms. The van der Waals surface area contributed by atoms with E-state index < -0.39 is 30.6 Å². The van der Waals surface area contributed by atoms with Crippen LogP contribution in [0.3, 0.4) is 0 Å². The smallest absolute Gasteiger partial charge is 0.550 e. The number of aliphatic carboxylic acids is 1. The van der Waals surface area contributed by atoms with Gasteiger partial charge in [-0.25, -0.2) is 0 Å². The zero-order chi connectivity index (χ0) is 12.7. The molecule has 97 valence electrons. The van der Waals surface area contributed by atoms with Crippen molar-refractivity contribution in [1.82, 2.24) is 0 Å². The fraction of sp³-hybridized carbons (Fsp3) is 0.889. The van der Waals surface area contributed by atoms with Crippen LogP contribution in [0.1, 0.15) is 13.3 Å². The molecule has 0 amide bonds. The van der Waals surface area contributed by atoms with Gasteiger partial charge in [-0.1, -0.05) is 0 Å². The van der Waals surface area contributed by atoms with Gasteiger partial charge in [-0.2, -0.15) is 0 Å². The van der Waals surface area contributed by atoms with Crippen LogP contribution >= 0.6 is 0 Å². The molecule has 17 heavy (non-hydrogen) atoms. The predicted octanol–water partition coefficient (Wildman–Crippen LogP) is -2.78. The normalized spacial score (nSPS) is 31.8. The van der Waals surface area contributed by atoms with Gasteiger partial charge in [0.25, 0.3) is 0 Å². The first-order valence-electron chi connectivity index (χ1n) is 4.75. The molecule has 4 atom stereocenters. The van der Waals surface area contributed by atoms with Gasteiger partial charge in [0, 0.05) is 19.5 Å². The molecular weight excluding hydrogens is 421 g/mol. The molecule has 8 heteroatoms. The molecule has 7 nitrogen and oxygen atoms in total. The molecule has 0 aromatic heterocycles. The van der Waals surface area contributed by atoms with Gasteiger partial charge >= 0.3 is 27.7 Å². The van der Waals surface area contributed by atoms with Crippen LogP contribution < -0.4 is 5.11 Å². The van der Waals surface area contributed by atoms with Crippen molar-refractivity contribution >= 4 is 5.97 Å². The summed E-state index contributed by atoms with van der Waals surface area (Å²) in [7, 11) is 1.45. The van der Waals surface area contributed by atoms with Gasteiger partial charge in [-0.15, -0.1) is 0 Å². The van der Waals surface area contributed by atoms with Crippen LogP contribution in [0.5, 0.6) is 0 Å². The molecule has 0 aliphatic carbocycles. The molecule has 0 saturated carbocycles. The quantitative estimate of drug-likeness (QED) is 0.400. The number of methoxy groups -OCH3 is 1. The zero-order valence-electron chi connectivity index (χ0n) is 9.91. The second-order valence-corrected chi connectivity index (χ2v) is 3.31. The van der Waals surface area contributed by atoms with Crippen LogP contribution in [0.2, 0.25) is 0 Å². The van der Waals surface area contributed by atoms with E-state index in [4.69, 9.17) is 24.5 Å². The summed E-state index contributed by atoms with van der Waals surface area (Å²) in [6, 6.07) is 0. The number of hydrogen-bond acceptors (Lipinski definition) is 7. The largest absolute Gasteiger partial charge is 1.00 e. The molecule has 0 aromatic rings. The maximum absolute atomic E-state index is 9.26. The van der Waals surface area contributed by atoms with Gasteiger partial charge in [0.15, 0.2) is 6.29 Å². The minimum atomic E-state index is -1.08. The maximum Gasteiger partial charge on any atom is 1.00 e. The van der Waals surface area contributed by atoms with Crippen molar-refractivity contribution in [1.29, 1.82) is 0 Å². The number of hydrogen-bond donors (Lipinski definition) is 3. The second kappa shape index (κ2) is 10.2. The number of aliphatic hydroxyl groups is 3. The topological polar surface area (TPSA) is 119 Å². The molecule has 4 unspecified atom stereocenters. The van der Waals surface area contributed by atoms with Crippen LogP contribution in [-0.2, 0) is 41.9 Å². The van der Waals surface area contributed by atoms with Crippen LogP contribution in [0.15, 0.2) is 0 Å². The van der Waals surface area contributed by atoms with Gasteiger partial charge in [-0.3, -0.25) is 0 Å². The monoisotopic (exact) mass is 439 g/mol. The van der Waals surface area contributed by atoms with Gasteiger partial charge in [-0.05, 0) is 6.92 Å². The Labute approximate surface area is 120 Å². The SMILES string of the molecule is CC(=O)[O-].COC1CC(O)C(O)C(CO)O1.[Hg+].